The molecule has 6 rings (SSSR count). The van der Waals surface area contributed by atoms with Crippen molar-refractivity contribution in [2.75, 3.05) is 32.5 Å². The van der Waals surface area contributed by atoms with Crippen LogP contribution in [0.3, 0.4) is 0 Å². The van der Waals surface area contributed by atoms with Crippen molar-refractivity contribution < 1.29 is 9.59 Å². The van der Waals surface area contributed by atoms with Gasteiger partial charge in [-0.1, -0.05) is 11.3 Å². The summed E-state index contributed by atoms with van der Waals surface area (Å²) in [5.74, 6) is 0.282. The standard InChI is InChI=1S/C30H39N7O2S/c1-18-5-6-21(17-31-18)26-24-11-12-25-28(40-30(33-25)32-19(2)38)27(24)37(34-26)23-9-7-20(8-10-23)29(39)36(4)22-13-15-35(3)16-14-22/h5-6,17,20,22-23H,7-16H2,1-4H3,(H,32,33,38). The van der Waals surface area contributed by atoms with Gasteiger partial charge in [-0.15, -0.1) is 0 Å². The fraction of sp³-hybridized carbons (Fsp3) is 0.567. The number of rotatable bonds is 5. The molecule has 212 valence electrons. The van der Waals surface area contributed by atoms with Gasteiger partial charge >= 0.3 is 0 Å². The number of piperidine rings is 1. The summed E-state index contributed by atoms with van der Waals surface area (Å²) < 4.78 is 2.22. The average molecular weight is 562 g/mol. The molecular formula is C30H39N7O2S. The van der Waals surface area contributed by atoms with E-state index in [-0.39, 0.29) is 17.9 Å². The van der Waals surface area contributed by atoms with Gasteiger partial charge in [0.25, 0.3) is 0 Å². The Bertz CT molecular complexity index is 1400. The normalized spacial score (nSPS) is 21.5. The number of carbonyl (C=O) groups is 2. The van der Waals surface area contributed by atoms with Crippen LogP contribution in [-0.4, -0.2) is 74.6 Å². The van der Waals surface area contributed by atoms with Gasteiger partial charge in [-0.05, 0) is 90.6 Å². The molecule has 0 unspecified atom stereocenters. The third kappa shape index (κ3) is 5.19. The highest BCUT2D eigenvalue weighted by Gasteiger charge is 2.36. The molecule has 1 aliphatic heterocycles. The van der Waals surface area contributed by atoms with Crippen LogP contribution >= 0.6 is 11.3 Å². The van der Waals surface area contributed by atoms with Gasteiger partial charge in [-0.25, -0.2) is 4.98 Å². The molecule has 1 saturated carbocycles. The van der Waals surface area contributed by atoms with Crippen LogP contribution in [-0.2, 0) is 22.4 Å². The lowest BCUT2D eigenvalue weighted by Crippen LogP contribution is -2.46. The van der Waals surface area contributed by atoms with Crippen LogP contribution < -0.4 is 5.32 Å². The zero-order chi connectivity index (χ0) is 28.0. The molecule has 2 amide bonds. The van der Waals surface area contributed by atoms with Gasteiger partial charge in [0.05, 0.1) is 28.0 Å². The molecule has 4 heterocycles. The molecule has 0 radical (unpaired) electrons. The monoisotopic (exact) mass is 561 g/mol. The zero-order valence-corrected chi connectivity index (χ0v) is 24.8. The Morgan fingerprint density at radius 1 is 1.07 bits per heavy atom. The number of nitrogens with zero attached hydrogens (tertiary/aromatic N) is 6. The first-order valence-corrected chi connectivity index (χ1v) is 15.4. The quantitative estimate of drug-likeness (QED) is 0.484. The first-order chi connectivity index (χ1) is 19.3. The molecule has 0 aromatic carbocycles. The number of carbonyl (C=O) groups excluding carboxylic acids is 2. The van der Waals surface area contributed by atoms with E-state index in [2.05, 4.69) is 33.0 Å². The second kappa shape index (κ2) is 11.0. The molecule has 0 atom stereocenters. The highest BCUT2D eigenvalue weighted by molar-refractivity contribution is 7.19. The van der Waals surface area contributed by atoms with Crippen molar-refractivity contribution in [1.29, 1.82) is 0 Å². The Morgan fingerprint density at radius 2 is 1.82 bits per heavy atom. The zero-order valence-electron chi connectivity index (χ0n) is 23.9. The minimum absolute atomic E-state index is 0.0819. The minimum Gasteiger partial charge on any atom is -0.342 e. The maximum Gasteiger partial charge on any atom is 0.225 e. The van der Waals surface area contributed by atoms with Gasteiger partial charge in [0.1, 0.15) is 0 Å². The third-order valence-electron chi connectivity index (χ3n) is 8.98. The summed E-state index contributed by atoms with van der Waals surface area (Å²) in [6.07, 6.45) is 9.30. The van der Waals surface area contributed by atoms with Crippen LogP contribution in [0.25, 0.3) is 21.8 Å². The molecule has 3 aliphatic rings. The molecule has 40 heavy (non-hydrogen) atoms. The van der Waals surface area contributed by atoms with Crippen molar-refractivity contribution in [3.63, 3.8) is 0 Å². The minimum atomic E-state index is -0.112. The molecule has 0 spiro atoms. The van der Waals surface area contributed by atoms with E-state index in [9.17, 15) is 9.59 Å². The van der Waals surface area contributed by atoms with Crippen molar-refractivity contribution >= 4 is 28.3 Å². The first kappa shape index (κ1) is 27.1. The summed E-state index contributed by atoms with van der Waals surface area (Å²) in [6, 6.07) is 4.71. The summed E-state index contributed by atoms with van der Waals surface area (Å²) >= 11 is 1.54. The molecule has 0 bridgehead atoms. The SMILES string of the molecule is CC(=O)Nc1nc2c(s1)-c1c(c(-c3ccc(C)nc3)nn1C1CCC(C(=O)N(C)C3CCN(C)CC3)CC1)CC2. The fourth-order valence-corrected chi connectivity index (χ4v) is 7.74. The molecule has 3 aromatic heterocycles. The molecule has 2 fully saturated rings. The third-order valence-corrected chi connectivity index (χ3v) is 10.00. The topological polar surface area (TPSA) is 96.2 Å². The number of amides is 2. The van der Waals surface area contributed by atoms with E-state index < -0.39 is 0 Å². The summed E-state index contributed by atoms with van der Waals surface area (Å²) in [4.78, 5) is 40.0. The number of aryl methyl sites for hydroxylation is 2. The van der Waals surface area contributed by atoms with Gasteiger partial charge in [0, 0.05) is 48.9 Å². The molecule has 9 nitrogen and oxygen atoms in total. The van der Waals surface area contributed by atoms with Gasteiger partial charge in [-0.3, -0.25) is 19.3 Å². The Kier molecular flexibility index (Phi) is 7.48. The van der Waals surface area contributed by atoms with Crippen LogP contribution in [0.5, 0.6) is 0 Å². The Balaban J connectivity index is 1.27. The van der Waals surface area contributed by atoms with E-state index in [1.54, 1.807) is 0 Å². The molecule has 2 aliphatic carbocycles. The fourth-order valence-electron chi connectivity index (χ4n) is 6.62. The predicted molar refractivity (Wildman–Crippen MR) is 157 cm³/mol. The van der Waals surface area contributed by atoms with Gasteiger partial charge in [-0.2, -0.15) is 5.10 Å². The summed E-state index contributed by atoms with van der Waals surface area (Å²) in [5.41, 5.74) is 6.39. The van der Waals surface area contributed by atoms with Gasteiger partial charge in [0.2, 0.25) is 11.8 Å². The number of likely N-dealkylation sites (tertiary alicyclic amines) is 1. The van der Waals surface area contributed by atoms with Crippen molar-refractivity contribution in [3.05, 3.63) is 35.3 Å². The number of hydrogen-bond donors (Lipinski definition) is 1. The molecular weight excluding hydrogens is 522 g/mol. The van der Waals surface area contributed by atoms with Crippen LogP contribution in [0.1, 0.15) is 68.4 Å². The van der Waals surface area contributed by atoms with Crippen LogP contribution in [0.2, 0.25) is 0 Å². The van der Waals surface area contributed by atoms with E-state index in [1.807, 2.05) is 31.1 Å². The number of anilines is 1. The van der Waals surface area contributed by atoms with E-state index in [0.29, 0.717) is 17.1 Å². The number of nitrogens with one attached hydrogen (secondary N) is 1. The Morgan fingerprint density at radius 3 is 2.50 bits per heavy atom. The second-order valence-electron chi connectivity index (χ2n) is 11.8. The maximum atomic E-state index is 13.5. The van der Waals surface area contributed by atoms with Gasteiger partial charge in [0.15, 0.2) is 5.13 Å². The van der Waals surface area contributed by atoms with Crippen molar-refractivity contribution in [2.24, 2.45) is 5.92 Å². The van der Waals surface area contributed by atoms with Crippen molar-refractivity contribution in [3.8, 4) is 21.8 Å². The lowest BCUT2D eigenvalue weighted by atomic mass is 9.84. The van der Waals surface area contributed by atoms with Crippen LogP contribution in [0, 0.1) is 12.8 Å². The smallest absolute Gasteiger partial charge is 0.225 e. The van der Waals surface area contributed by atoms with Crippen LogP contribution in [0.4, 0.5) is 5.13 Å². The molecule has 10 heteroatoms. The number of fused-ring (bicyclic) bond motifs is 3. The second-order valence-corrected chi connectivity index (χ2v) is 12.8. The molecule has 3 aromatic rings. The van der Waals surface area contributed by atoms with Crippen molar-refractivity contribution in [2.45, 2.75) is 77.3 Å². The largest absolute Gasteiger partial charge is 0.342 e. The van der Waals surface area contributed by atoms with E-state index in [1.165, 1.54) is 23.8 Å². The summed E-state index contributed by atoms with van der Waals surface area (Å²) in [6.45, 7) is 5.63. The van der Waals surface area contributed by atoms with Crippen molar-refractivity contribution in [1.82, 2.24) is 29.5 Å². The number of pyridine rings is 1. The van der Waals surface area contributed by atoms with Gasteiger partial charge < -0.3 is 15.1 Å². The Labute approximate surface area is 240 Å². The molecule has 1 saturated heterocycles. The Hall–Kier alpha value is -3.11. The van der Waals surface area contributed by atoms with E-state index >= 15 is 0 Å². The number of thiazole rings is 1. The van der Waals surface area contributed by atoms with E-state index in [4.69, 9.17) is 10.1 Å². The van der Waals surface area contributed by atoms with E-state index in [0.717, 1.165) is 97.7 Å². The summed E-state index contributed by atoms with van der Waals surface area (Å²) in [7, 11) is 4.16. The average Bonchev–Trinajstić information content (AvgIpc) is 3.54. The molecule has 1 N–H and O–H groups in total. The highest BCUT2D eigenvalue weighted by Crippen LogP contribution is 2.46. The number of hydrogen-bond acceptors (Lipinski definition) is 7. The number of aromatic nitrogens is 4. The van der Waals surface area contributed by atoms with Crippen LogP contribution in [0.15, 0.2) is 18.3 Å². The maximum absolute atomic E-state index is 13.5. The lowest BCUT2D eigenvalue weighted by molar-refractivity contribution is -0.138. The first-order valence-electron chi connectivity index (χ1n) is 14.6. The predicted octanol–water partition coefficient (Wildman–Crippen LogP) is 4.72. The lowest BCUT2D eigenvalue weighted by Gasteiger charge is -2.38. The summed E-state index contributed by atoms with van der Waals surface area (Å²) in [5, 5.41) is 8.76. The highest BCUT2D eigenvalue weighted by atomic mass is 32.1.